The second-order valence-corrected chi connectivity index (χ2v) is 4.58. The summed E-state index contributed by atoms with van der Waals surface area (Å²) in [5.74, 6) is 1.81. The first-order chi connectivity index (χ1) is 7.93. The van der Waals surface area contributed by atoms with E-state index in [0.717, 1.165) is 44.1 Å². The van der Waals surface area contributed by atoms with Crippen LogP contribution in [0, 0.1) is 0 Å². The second kappa shape index (κ2) is 4.51. The minimum absolute atomic E-state index is 0.143. The van der Waals surface area contributed by atoms with E-state index in [1.807, 2.05) is 0 Å². The number of aromatic amines is 1. The molecule has 0 amide bonds. The standard InChI is InChI=1S/C11H18N4O/c1-2-6-12-8(4-1)10-13-11(15-14-10)9-5-3-7-16-9/h8-9,12H,1-7H2,(H,13,14,15). The Balaban J connectivity index is 1.71. The molecule has 88 valence electrons. The second-order valence-electron chi connectivity index (χ2n) is 4.58. The van der Waals surface area contributed by atoms with Gasteiger partial charge in [-0.1, -0.05) is 6.42 Å². The molecule has 2 saturated heterocycles. The molecule has 2 N–H and O–H groups in total. The lowest BCUT2D eigenvalue weighted by molar-refractivity contribution is 0.105. The predicted octanol–water partition coefficient (Wildman–Crippen LogP) is 1.47. The Hall–Kier alpha value is -0.940. The first-order valence-electron chi connectivity index (χ1n) is 6.20. The minimum Gasteiger partial charge on any atom is -0.370 e. The van der Waals surface area contributed by atoms with E-state index in [1.54, 1.807) is 0 Å². The van der Waals surface area contributed by atoms with Gasteiger partial charge in [-0.15, -0.1) is 0 Å². The summed E-state index contributed by atoms with van der Waals surface area (Å²) < 4.78 is 5.59. The maximum absolute atomic E-state index is 5.59. The maximum Gasteiger partial charge on any atom is 0.167 e. The summed E-state index contributed by atoms with van der Waals surface area (Å²) in [6.45, 7) is 1.93. The van der Waals surface area contributed by atoms with Crippen molar-refractivity contribution in [2.75, 3.05) is 13.2 Å². The Morgan fingerprint density at radius 2 is 2.19 bits per heavy atom. The molecule has 2 fully saturated rings. The van der Waals surface area contributed by atoms with Crippen LogP contribution in [0.3, 0.4) is 0 Å². The van der Waals surface area contributed by atoms with Crippen LogP contribution in [-0.4, -0.2) is 28.3 Å². The zero-order chi connectivity index (χ0) is 10.8. The smallest absolute Gasteiger partial charge is 0.167 e. The number of nitrogens with zero attached hydrogens (tertiary/aromatic N) is 2. The number of nitrogens with one attached hydrogen (secondary N) is 2. The molecule has 2 unspecified atom stereocenters. The van der Waals surface area contributed by atoms with Gasteiger partial charge in [-0.05, 0) is 32.2 Å². The van der Waals surface area contributed by atoms with Gasteiger partial charge in [0.1, 0.15) is 6.10 Å². The summed E-state index contributed by atoms with van der Waals surface area (Å²) in [7, 11) is 0. The number of ether oxygens (including phenoxy) is 1. The minimum atomic E-state index is 0.143. The molecule has 0 spiro atoms. The fraction of sp³-hybridized carbons (Fsp3) is 0.818. The summed E-state index contributed by atoms with van der Waals surface area (Å²) in [5.41, 5.74) is 0. The van der Waals surface area contributed by atoms with Crippen LogP contribution in [0.25, 0.3) is 0 Å². The Bertz CT molecular complexity index is 340. The Kier molecular flexibility index (Phi) is 2.88. The summed E-state index contributed by atoms with van der Waals surface area (Å²) in [5, 5.41) is 10.8. The van der Waals surface area contributed by atoms with Gasteiger partial charge in [-0.3, -0.25) is 5.10 Å². The van der Waals surface area contributed by atoms with Gasteiger partial charge in [0.2, 0.25) is 0 Å². The normalized spacial score (nSPS) is 30.8. The molecule has 2 aliphatic rings. The number of H-pyrrole nitrogens is 1. The Labute approximate surface area is 95.0 Å². The van der Waals surface area contributed by atoms with Gasteiger partial charge in [0, 0.05) is 6.61 Å². The van der Waals surface area contributed by atoms with Crippen LogP contribution in [-0.2, 0) is 4.74 Å². The van der Waals surface area contributed by atoms with E-state index in [0.29, 0.717) is 6.04 Å². The zero-order valence-electron chi connectivity index (χ0n) is 9.41. The van der Waals surface area contributed by atoms with E-state index in [2.05, 4.69) is 20.5 Å². The molecule has 16 heavy (non-hydrogen) atoms. The van der Waals surface area contributed by atoms with Gasteiger partial charge in [0.25, 0.3) is 0 Å². The lowest BCUT2D eigenvalue weighted by atomic mass is 10.0. The number of aromatic nitrogens is 3. The van der Waals surface area contributed by atoms with E-state index in [9.17, 15) is 0 Å². The van der Waals surface area contributed by atoms with Crippen molar-refractivity contribution in [2.24, 2.45) is 0 Å². The lowest BCUT2D eigenvalue weighted by Crippen LogP contribution is -2.27. The highest BCUT2D eigenvalue weighted by Gasteiger charge is 2.24. The van der Waals surface area contributed by atoms with Gasteiger partial charge in [0.15, 0.2) is 11.6 Å². The molecule has 5 heteroatoms. The quantitative estimate of drug-likeness (QED) is 0.795. The summed E-state index contributed by atoms with van der Waals surface area (Å²) >= 11 is 0. The molecule has 1 aromatic heterocycles. The van der Waals surface area contributed by atoms with Crippen molar-refractivity contribution in [3.63, 3.8) is 0 Å². The number of hydrogen-bond acceptors (Lipinski definition) is 4. The molecule has 2 atom stereocenters. The van der Waals surface area contributed by atoms with Crippen LogP contribution in [0.4, 0.5) is 0 Å². The van der Waals surface area contributed by atoms with E-state index in [-0.39, 0.29) is 6.10 Å². The van der Waals surface area contributed by atoms with Crippen LogP contribution in [0.2, 0.25) is 0 Å². The fourth-order valence-electron chi connectivity index (χ4n) is 2.45. The lowest BCUT2D eigenvalue weighted by Gasteiger charge is -2.20. The van der Waals surface area contributed by atoms with Crippen LogP contribution >= 0.6 is 0 Å². The topological polar surface area (TPSA) is 62.8 Å². The van der Waals surface area contributed by atoms with Crippen molar-refractivity contribution in [1.29, 1.82) is 0 Å². The molecule has 0 aromatic carbocycles. The summed E-state index contributed by atoms with van der Waals surface area (Å²) in [6, 6.07) is 0.333. The van der Waals surface area contributed by atoms with E-state index in [4.69, 9.17) is 4.74 Å². The number of hydrogen-bond donors (Lipinski definition) is 2. The van der Waals surface area contributed by atoms with Crippen LogP contribution in [0.5, 0.6) is 0 Å². The van der Waals surface area contributed by atoms with E-state index >= 15 is 0 Å². The summed E-state index contributed by atoms with van der Waals surface area (Å²) in [6.07, 6.45) is 6.00. The van der Waals surface area contributed by atoms with Gasteiger partial charge >= 0.3 is 0 Å². The molecule has 2 aliphatic heterocycles. The van der Waals surface area contributed by atoms with Crippen molar-refractivity contribution in [3.8, 4) is 0 Å². The van der Waals surface area contributed by atoms with Gasteiger partial charge in [0.05, 0.1) is 6.04 Å². The Morgan fingerprint density at radius 1 is 1.19 bits per heavy atom. The molecule has 0 aliphatic carbocycles. The first-order valence-corrected chi connectivity index (χ1v) is 6.20. The molecule has 0 radical (unpaired) electrons. The third kappa shape index (κ3) is 1.97. The zero-order valence-corrected chi connectivity index (χ0v) is 9.41. The fourth-order valence-corrected chi connectivity index (χ4v) is 2.45. The average Bonchev–Trinajstić information content (AvgIpc) is 3.01. The van der Waals surface area contributed by atoms with Crippen molar-refractivity contribution in [1.82, 2.24) is 20.5 Å². The predicted molar refractivity (Wildman–Crippen MR) is 58.9 cm³/mol. The molecule has 1 aromatic rings. The third-order valence-corrected chi connectivity index (χ3v) is 3.38. The van der Waals surface area contributed by atoms with Gasteiger partial charge in [-0.25, -0.2) is 4.98 Å². The molecular formula is C11H18N4O. The first kappa shape index (κ1) is 10.2. The van der Waals surface area contributed by atoms with Crippen LogP contribution < -0.4 is 5.32 Å². The van der Waals surface area contributed by atoms with Crippen LogP contribution in [0.1, 0.15) is 55.9 Å². The van der Waals surface area contributed by atoms with Crippen LogP contribution in [0.15, 0.2) is 0 Å². The molecule has 0 bridgehead atoms. The van der Waals surface area contributed by atoms with Crippen molar-refractivity contribution in [2.45, 2.75) is 44.2 Å². The van der Waals surface area contributed by atoms with Crippen molar-refractivity contribution < 1.29 is 4.74 Å². The van der Waals surface area contributed by atoms with E-state index < -0.39 is 0 Å². The summed E-state index contributed by atoms with van der Waals surface area (Å²) in [4.78, 5) is 4.56. The maximum atomic E-state index is 5.59. The molecule has 3 heterocycles. The number of rotatable bonds is 2. The largest absolute Gasteiger partial charge is 0.370 e. The Morgan fingerprint density at radius 3 is 2.94 bits per heavy atom. The van der Waals surface area contributed by atoms with Gasteiger partial charge < -0.3 is 10.1 Å². The van der Waals surface area contributed by atoms with E-state index in [1.165, 1.54) is 12.8 Å². The monoisotopic (exact) mass is 222 g/mol. The number of piperidine rings is 1. The average molecular weight is 222 g/mol. The highest BCUT2D eigenvalue weighted by molar-refractivity contribution is 5.01. The highest BCUT2D eigenvalue weighted by Crippen LogP contribution is 2.27. The third-order valence-electron chi connectivity index (χ3n) is 3.38. The molecular weight excluding hydrogens is 204 g/mol. The highest BCUT2D eigenvalue weighted by atomic mass is 16.5. The molecule has 0 saturated carbocycles. The van der Waals surface area contributed by atoms with Gasteiger partial charge in [-0.2, -0.15) is 5.10 Å². The molecule has 5 nitrogen and oxygen atoms in total. The van der Waals surface area contributed by atoms with Crippen molar-refractivity contribution in [3.05, 3.63) is 11.6 Å². The SMILES string of the molecule is C1CCC(c2n[nH]c(C3CCCO3)n2)NC1. The molecule has 3 rings (SSSR count). The van der Waals surface area contributed by atoms with Crippen molar-refractivity contribution >= 4 is 0 Å².